The average Bonchev–Trinajstić information content (AvgIpc) is 2.12. The molecule has 6 heteroatoms. The van der Waals surface area contributed by atoms with Crippen molar-refractivity contribution in [1.82, 2.24) is 0 Å². The molecule has 16 heavy (non-hydrogen) atoms. The molecule has 1 rings (SSSR count). The molecule has 0 atom stereocenters. The number of hydrogen-bond donors (Lipinski definition) is 2. The Kier molecular flexibility index (Phi) is 4.21. The van der Waals surface area contributed by atoms with Gasteiger partial charge in [0.2, 0.25) is 0 Å². The van der Waals surface area contributed by atoms with Crippen LogP contribution in [-0.2, 0) is 14.0 Å². The van der Waals surface area contributed by atoms with Crippen molar-refractivity contribution >= 4 is 19.9 Å². The van der Waals surface area contributed by atoms with E-state index >= 15 is 0 Å². The first-order chi connectivity index (χ1) is 7.20. The van der Waals surface area contributed by atoms with Crippen molar-refractivity contribution < 1.29 is 18.3 Å². The van der Waals surface area contributed by atoms with Crippen LogP contribution < -0.4 is 0 Å². The van der Waals surface area contributed by atoms with Gasteiger partial charge in [-0.2, -0.15) is 0 Å². The van der Waals surface area contributed by atoms with Gasteiger partial charge in [0.1, 0.15) is 0 Å². The number of benzene rings is 1. The summed E-state index contributed by atoms with van der Waals surface area (Å²) in [7, 11) is -4.44. The van der Waals surface area contributed by atoms with Gasteiger partial charge in [-0.05, 0) is 17.0 Å². The summed E-state index contributed by atoms with van der Waals surface area (Å²) in [6.45, 7) is 6.09. The summed E-state index contributed by atoms with van der Waals surface area (Å²) in [5.41, 5.74) is 0.899. The number of phosphoric acid groups is 1. The van der Waals surface area contributed by atoms with Crippen LogP contribution in [0.15, 0.2) is 29.2 Å². The van der Waals surface area contributed by atoms with E-state index in [0.29, 0.717) is 0 Å². The monoisotopic (exact) mass is 262 g/mol. The predicted octanol–water partition coefficient (Wildman–Crippen LogP) is 3.10. The highest BCUT2D eigenvalue weighted by atomic mass is 32.2. The minimum absolute atomic E-state index is 0.0954. The lowest BCUT2D eigenvalue weighted by Crippen LogP contribution is -2.12. The van der Waals surface area contributed by atoms with Gasteiger partial charge in [0.25, 0.3) is 0 Å². The molecule has 0 spiro atoms. The van der Waals surface area contributed by atoms with Gasteiger partial charge in [0, 0.05) is 16.9 Å². The Labute approximate surface area is 99.5 Å². The van der Waals surface area contributed by atoms with Crippen LogP contribution in [0.1, 0.15) is 26.3 Å². The first kappa shape index (κ1) is 13.7. The van der Waals surface area contributed by atoms with E-state index in [-0.39, 0.29) is 5.41 Å². The van der Waals surface area contributed by atoms with Crippen LogP contribution >= 0.6 is 19.9 Å². The largest absolute Gasteiger partial charge is 0.481 e. The molecule has 2 N–H and O–H groups in total. The Morgan fingerprint density at radius 3 is 2.31 bits per heavy atom. The van der Waals surface area contributed by atoms with Crippen molar-refractivity contribution in [2.24, 2.45) is 0 Å². The maximum absolute atomic E-state index is 10.6. The second kappa shape index (κ2) is 4.90. The Hall–Kier alpha value is -0.320. The molecule has 0 amide bonds. The van der Waals surface area contributed by atoms with E-state index in [1.54, 1.807) is 12.1 Å². The zero-order chi connectivity index (χ0) is 12.4. The topological polar surface area (TPSA) is 66.8 Å². The molecule has 1 aromatic carbocycles. The molecule has 0 fully saturated rings. The molecule has 0 aliphatic carbocycles. The van der Waals surface area contributed by atoms with Gasteiger partial charge in [-0.3, -0.25) is 0 Å². The Bertz CT molecular complexity index is 408. The van der Waals surface area contributed by atoms with Crippen molar-refractivity contribution in [3.8, 4) is 0 Å². The van der Waals surface area contributed by atoms with Crippen LogP contribution in [0.2, 0.25) is 0 Å². The summed E-state index contributed by atoms with van der Waals surface area (Å²) in [5.74, 6) is 0. The molecule has 4 nitrogen and oxygen atoms in total. The molecule has 0 saturated heterocycles. The van der Waals surface area contributed by atoms with Crippen molar-refractivity contribution in [3.05, 3.63) is 29.8 Å². The third-order valence-corrected chi connectivity index (χ3v) is 3.53. The SMILES string of the molecule is CC(C)(C)c1ccccc1SOP(=O)(O)O. The second-order valence-corrected chi connectivity index (χ2v) is 6.58. The Morgan fingerprint density at radius 1 is 1.25 bits per heavy atom. The minimum atomic E-state index is -4.44. The van der Waals surface area contributed by atoms with Gasteiger partial charge < -0.3 is 9.79 Å². The fourth-order valence-electron chi connectivity index (χ4n) is 1.25. The maximum Gasteiger partial charge on any atom is 0.481 e. The third kappa shape index (κ3) is 4.28. The molecule has 0 unspecified atom stereocenters. The smallest absolute Gasteiger partial charge is 0.302 e. The van der Waals surface area contributed by atoms with E-state index < -0.39 is 7.82 Å². The second-order valence-electron chi connectivity index (χ2n) is 4.39. The highest BCUT2D eigenvalue weighted by Gasteiger charge is 2.21. The molecule has 90 valence electrons. The first-order valence-corrected chi connectivity index (χ1v) is 6.99. The van der Waals surface area contributed by atoms with Gasteiger partial charge in [0.15, 0.2) is 0 Å². The van der Waals surface area contributed by atoms with E-state index in [1.165, 1.54) is 0 Å². The van der Waals surface area contributed by atoms with Crippen molar-refractivity contribution in [2.75, 3.05) is 0 Å². The summed E-state index contributed by atoms with van der Waals surface area (Å²) in [5, 5.41) is 0. The fourth-order valence-corrected chi connectivity index (χ4v) is 2.56. The van der Waals surface area contributed by atoms with E-state index in [4.69, 9.17) is 9.79 Å². The third-order valence-electron chi connectivity index (χ3n) is 1.92. The van der Waals surface area contributed by atoms with Gasteiger partial charge in [-0.25, -0.2) is 8.54 Å². The molecule has 0 aromatic heterocycles. The van der Waals surface area contributed by atoms with Gasteiger partial charge >= 0.3 is 7.82 Å². The summed E-state index contributed by atoms with van der Waals surface area (Å²) >= 11 is 0.718. The van der Waals surface area contributed by atoms with Crippen molar-refractivity contribution in [2.45, 2.75) is 31.1 Å². The van der Waals surface area contributed by atoms with E-state index in [0.717, 1.165) is 22.5 Å². The standard InChI is InChI=1S/C10H15O4PS/c1-10(2,3)8-6-4-5-7-9(8)16-14-15(11,12)13/h4-7H,1-3H3,(H2,11,12,13). The van der Waals surface area contributed by atoms with Crippen LogP contribution in [0, 0.1) is 0 Å². The summed E-state index contributed by atoms with van der Waals surface area (Å²) in [4.78, 5) is 18.0. The molecule has 0 aliphatic heterocycles. The lowest BCUT2D eigenvalue weighted by molar-refractivity contribution is 0.298. The molecule has 0 heterocycles. The Morgan fingerprint density at radius 2 is 1.81 bits per heavy atom. The van der Waals surface area contributed by atoms with Crippen LogP contribution in [0.3, 0.4) is 0 Å². The number of rotatable bonds is 3. The average molecular weight is 262 g/mol. The maximum atomic E-state index is 10.6. The number of hydrogen-bond acceptors (Lipinski definition) is 3. The summed E-state index contributed by atoms with van der Waals surface area (Å²) in [6, 6.07) is 7.40. The van der Waals surface area contributed by atoms with E-state index in [2.05, 4.69) is 3.97 Å². The molecule has 0 aliphatic rings. The molecule has 0 radical (unpaired) electrons. The predicted molar refractivity (Wildman–Crippen MR) is 64.1 cm³/mol. The zero-order valence-corrected chi connectivity index (χ0v) is 11.1. The molecule has 0 saturated carbocycles. The van der Waals surface area contributed by atoms with Gasteiger partial charge in [0.05, 0.1) is 0 Å². The van der Waals surface area contributed by atoms with E-state index in [1.807, 2.05) is 32.9 Å². The molecule has 1 aromatic rings. The van der Waals surface area contributed by atoms with E-state index in [9.17, 15) is 4.57 Å². The Balaban J connectivity index is 2.92. The summed E-state index contributed by atoms with van der Waals surface area (Å²) < 4.78 is 15.1. The van der Waals surface area contributed by atoms with Gasteiger partial charge in [-0.1, -0.05) is 39.0 Å². The lowest BCUT2D eigenvalue weighted by atomic mass is 9.87. The molecule has 0 bridgehead atoms. The van der Waals surface area contributed by atoms with Crippen molar-refractivity contribution in [1.29, 1.82) is 0 Å². The van der Waals surface area contributed by atoms with Crippen LogP contribution in [0.25, 0.3) is 0 Å². The quantitative estimate of drug-likeness (QED) is 0.647. The van der Waals surface area contributed by atoms with Crippen LogP contribution in [-0.4, -0.2) is 9.79 Å². The fraction of sp³-hybridized carbons (Fsp3) is 0.400. The van der Waals surface area contributed by atoms with Gasteiger partial charge in [-0.15, -0.1) is 0 Å². The van der Waals surface area contributed by atoms with Crippen molar-refractivity contribution in [3.63, 3.8) is 0 Å². The lowest BCUT2D eigenvalue weighted by Gasteiger charge is -2.21. The molecular weight excluding hydrogens is 247 g/mol. The summed E-state index contributed by atoms with van der Waals surface area (Å²) in [6.07, 6.45) is 0. The zero-order valence-electron chi connectivity index (χ0n) is 9.38. The first-order valence-electron chi connectivity index (χ1n) is 4.71. The van der Waals surface area contributed by atoms with Crippen LogP contribution in [0.4, 0.5) is 0 Å². The minimum Gasteiger partial charge on any atom is -0.302 e. The van der Waals surface area contributed by atoms with Crippen LogP contribution in [0.5, 0.6) is 0 Å². The highest BCUT2D eigenvalue weighted by molar-refractivity contribution is 7.98. The highest BCUT2D eigenvalue weighted by Crippen LogP contribution is 2.45. The molecular formula is C10H15O4PS. The normalized spacial score (nSPS) is 12.8.